The molecule has 0 amide bonds. The molecular weight excluding hydrogens is 340 g/mol. The lowest BCUT2D eigenvalue weighted by Crippen LogP contribution is -2.17. The van der Waals surface area contributed by atoms with Crippen molar-refractivity contribution < 1.29 is 35.0 Å². The van der Waals surface area contributed by atoms with Crippen molar-refractivity contribution in [1.29, 1.82) is 0 Å². The first kappa shape index (κ1) is 20.9. The second-order valence-electron chi connectivity index (χ2n) is 4.32. The maximum Gasteiger partial charge on any atom is 0.394 e. The van der Waals surface area contributed by atoms with Gasteiger partial charge in [0.25, 0.3) is 0 Å². The highest BCUT2D eigenvalue weighted by Gasteiger charge is 2.21. The normalized spacial score (nSPS) is 18.7. The Kier molecular flexibility index (Phi) is 8.62. The van der Waals surface area contributed by atoms with Gasteiger partial charge in [0.05, 0.1) is 0 Å². The average Bonchev–Trinajstić information content (AvgIpc) is 2.72. The van der Waals surface area contributed by atoms with Crippen molar-refractivity contribution in [2.24, 2.45) is 0 Å². The lowest BCUT2D eigenvalue weighted by Gasteiger charge is -2.18. The van der Waals surface area contributed by atoms with Crippen LogP contribution in [-0.4, -0.2) is 58.5 Å². The lowest BCUT2D eigenvalue weighted by atomic mass is 10.1. The maximum absolute atomic E-state index is 8.74. The summed E-state index contributed by atoms with van der Waals surface area (Å²) in [4.78, 5) is 6.54. The molecule has 0 saturated carbocycles. The molecule has 0 radical (unpaired) electrons. The van der Waals surface area contributed by atoms with Crippen LogP contribution in [0.5, 0.6) is 0 Å². The van der Waals surface area contributed by atoms with E-state index in [1.165, 1.54) is 24.9 Å². The first-order chi connectivity index (χ1) is 9.88. The van der Waals surface area contributed by atoms with E-state index in [0.29, 0.717) is 6.04 Å². The molecule has 128 valence electrons. The maximum atomic E-state index is 8.74. The Bertz CT molecular complexity index is 586. The summed E-state index contributed by atoms with van der Waals surface area (Å²) in [7, 11) is -7.15. The summed E-state index contributed by atoms with van der Waals surface area (Å²) < 4.78 is 63.2. The van der Waals surface area contributed by atoms with Crippen LogP contribution in [0.4, 0.5) is 0 Å². The van der Waals surface area contributed by atoms with Gasteiger partial charge in [-0.1, -0.05) is 6.07 Å². The first-order valence-corrected chi connectivity index (χ1v) is 8.67. The van der Waals surface area contributed by atoms with E-state index in [9.17, 15) is 0 Å². The standard InChI is InChI=1S/C10H14N2.2H2O4S/c1-12-7-3-5-10(12)9-4-2-6-11-8-9;2*1-5(2,3)4/h2,4,6,8,10H,3,5,7H2,1H3;2*(H2,1,2,3,4). The zero-order valence-corrected chi connectivity index (χ0v) is 13.3. The third-order valence-corrected chi connectivity index (χ3v) is 2.59. The molecule has 4 N–H and O–H groups in total. The Balaban J connectivity index is 0.000000372. The smallest absolute Gasteiger partial charge is 0.299 e. The van der Waals surface area contributed by atoms with Gasteiger partial charge in [-0.15, -0.1) is 0 Å². The Labute approximate surface area is 129 Å². The molecule has 0 bridgehead atoms. The first-order valence-electron chi connectivity index (χ1n) is 5.88. The minimum atomic E-state index is -4.67. The molecule has 10 nitrogen and oxygen atoms in total. The van der Waals surface area contributed by atoms with Crippen LogP contribution in [0.25, 0.3) is 0 Å². The minimum absolute atomic E-state index is 0.610. The third-order valence-electron chi connectivity index (χ3n) is 2.59. The Morgan fingerprint density at radius 2 is 1.64 bits per heavy atom. The number of pyridine rings is 1. The van der Waals surface area contributed by atoms with Gasteiger partial charge in [-0.2, -0.15) is 16.8 Å². The van der Waals surface area contributed by atoms with Crippen molar-refractivity contribution in [3.8, 4) is 0 Å². The third kappa shape index (κ3) is 13.8. The van der Waals surface area contributed by atoms with Crippen molar-refractivity contribution in [2.45, 2.75) is 18.9 Å². The molecule has 1 aromatic rings. The molecule has 0 aliphatic carbocycles. The van der Waals surface area contributed by atoms with Gasteiger partial charge in [0.2, 0.25) is 0 Å². The molecule has 12 heteroatoms. The van der Waals surface area contributed by atoms with E-state index < -0.39 is 20.8 Å². The van der Waals surface area contributed by atoms with Crippen molar-refractivity contribution >= 4 is 20.8 Å². The van der Waals surface area contributed by atoms with Crippen LogP contribution in [0.2, 0.25) is 0 Å². The molecule has 1 fully saturated rings. The molecule has 22 heavy (non-hydrogen) atoms. The lowest BCUT2D eigenvalue weighted by molar-refractivity contribution is 0.317. The highest BCUT2D eigenvalue weighted by molar-refractivity contribution is 7.80. The summed E-state index contributed by atoms with van der Waals surface area (Å²) in [5.74, 6) is 0. The van der Waals surface area contributed by atoms with E-state index in [2.05, 4.69) is 23.0 Å². The van der Waals surface area contributed by atoms with E-state index in [-0.39, 0.29) is 0 Å². The second kappa shape index (κ2) is 9.09. The van der Waals surface area contributed by atoms with E-state index in [1.807, 2.05) is 18.5 Å². The number of nitrogens with zero attached hydrogens (tertiary/aromatic N) is 2. The monoisotopic (exact) mass is 358 g/mol. The molecule has 0 spiro atoms. The summed E-state index contributed by atoms with van der Waals surface area (Å²) in [6, 6.07) is 4.79. The molecular formula is C10H18N2O8S2. The van der Waals surface area contributed by atoms with Gasteiger partial charge < -0.3 is 0 Å². The fourth-order valence-corrected chi connectivity index (χ4v) is 1.90. The largest absolute Gasteiger partial charge is 0.394 e. The van der Waals surface area contributed by atoms with Crippen LogP contribution in [0, 0.1) is 0 Å². The zero-order valence-electron chi connectivity index (χ0n) is 11.6. The van der Waals surface area contributed by atoms with Gasteiger partial charge in [-0.25, -0.2) is 0 Å². The van der Waals surface area contributed by atoms with Crippen molar-refractivity contribution in [2.75, 3.05) is 13.6 Å². The summed E-state index contributed by atoms with van der Waals surface area (Å²) in [6.45, 7) is 1.22. The summed E-state index contributed by atoms with van der Waals surface area (Å²) in [6.07, 6.45) is 6.41. The second-order valence-corrected chi connectivity index (χ2v) is 6.11. The predicted octanol–water partition coefficient (Wildman–Crippen LogP) is 0.543. The van der Waals surface area contributed by atoms with Crippen LogP contribution < -0.4 is 0 Å². The topological polar surface area (TPSA) is 165 Å². The fraction of sp³-hybridized carbons (Fsp3) is 0.500. The van der Waals surface area contributed by atoms with E-state index in [1.54, 1.807) is 0 Å². The molecule has 1 aromatic heterocycles. The molecule has 2 heterocycles. The van der Waals surface area contributed by atoms with Crippen LogP contribution in [0.15, 0.2) is 24.5 Å². The predicted molar refractivity (Wildman–Crippen MR) is 77.2 cm³/mol. The average molecular weight is 358 g/mol. The zero-order chi connectivity index (χ0) is 17.4. The van der Waals surface area contributed by atoms with Crippen LogP contribution in [-0.2, 0) is 20.8 Å². The molecule has 1 saturated heterocycles. The van der Waals surface area contributed by atoms with Crippen molar-refractivity contribution in [1.82, 2.24) is 9.88 Å². The SMILES string of the molecule is CN1CCCC1c1cccnc1.O=S(=O)(O)O.O=S(=O)(O)O. The highest BCUT2D eigenvalue weighted by Crippen LogP contribution is 2.29. The number of hydrogen-bond acceptors (Lipinski definition) is 6. The number of likely N-dealkylation sites (tertiary alicyclic amines) is 1. The highest BCUT2D eigenvalue weighted by atomic mass is 32.3. The molecule has 1 unspecified atom stereocenters. The molecule has 1 atom stereocenters. The molecule has 1 aliphatic heterocycles. The van der Waals surface area contributed by atoms with Gasteiger partial charge in [0.15, 0.2) is 0 Å². The van der Waals surface area contributed by atoms with E-state index in [0.717, 1.165) is 0 Å². The van der Waals surface area contributed by atoms with Crippen molar-refractivity contribution in [3.05, 3.63) is 30.1 Å². The summed E-state index contributed by atoms with van der Waals surface area (Å²) >= 11 is 0. The van der Waals surface area contributed by atoms with Crippen LogP contribution in [0.3, 0.4) is 0 Å². The Morgan fingerprint density at radius 1 is 1.14 bits per heavy atom. The fourth-order valence-electron chi connectivity index (χ4n) is 1.90. The minimum Gasteiger partial charge on any atom is -0.299 e. The summed E-state index contributed by atoms with van der Waals surface area (Å²) in [5.41, 5.74) is 1.36. The molecule has 0 aromatic carbocycles. The van der Waals surface area contributed by atoms with Gasteiger partial charge in [-0.3, -0.25) is 28.1 Å². The van der Waals surface area contributed by atoms with Gasteiger partial charge in [0.1, 0.15) is 0 Å². The Hall–Kier alpha value is -1.15. The van der Waals surface area contributed by atoms with E-state index in [4.69, 9.17) is 35.0 Å². The molecule has 1 aliphatic rings. The Morgan fingerprint density at radius 3 is 1.95 bits per heavy atom. The number of aromatic nitrogens is 1. The van der Waals surface area contributed by atoms with Crippen molar-refractivity contribution in [3.63, 3.8) is 0 Å². The van der Waals surface area contributed by atoms with Crippen LogP contribution in [0.1, 0.15) is 24.4 Å². The molecule has 2 rings (SSSR count). The van der Waals surface area contributed by atoms with E-state index >= 15 is 0 Å². The van der Waals surface area contributed by atoms with Crippen LogP contribution >= 0.6 is 0 Å². The van der Waals surface area contributed by atoms with Gasteiger partial charge in [-0.05, 0) is 38.1 Å². The van der Waals surface area contributed by atoms with Gasteiger partial charge >= 0.3 is 20.8 Å². The van der Waals surface area contributed by atoms with Gasteiger partial charge in [0, 0.05) is 18.4 Å². The number of rotatable bonds is 1. The quantitative estimate of drug-likeness (QED) is 0.520. The number of hydrogen-bond donors (Lipinski definition) is 4. The summed E-state index contributed by atoms with van der Waals surface area (Å²) in [5, 5.41) is 0.